The van der Waals surface area contributed by atoms with Crippen LogP contribution in [-0.4, -0.2) is 81.6 Å². The van der Waals surface area contributed by atoms with Crippen LogP contribution in [0.2, 0.25) is 0 Å². The van der Waals surface area contributed by atoms with E-state index < -0.39 is 33.4 Å². The molecule has 298 valence electrons. The molecule has 1 fully saturated rings. The molecule has 3 heterocycles. The van der Waals surface area contributed by atoms with Crippen LogP contribution in [0.1, 0.15) is 86.6 Å². The van der Waals surface area contributed by atoms with Crippen molar-refractivity contribution in [1.29, 1.82) is 0 Å². The highest BCUT2D eigenvalue weighted by atomic mass is 32.2. The lowest BCUT2D eigenvalue weighted by Crippen LogP contribution is -2.43. The molecular formula is C39H52N6O8S2. The number of carboxylic acids is 1. The second-order valence-electron chi connectivity index (χ2n) is 15.3. The lowest BCUT2D eigenvalue weighted by Gasteiger charge is -2.44. The quantitative estimate of drug-likeness (QED) is 0.0554. The van der Waals surface area contributed by atoms with E-state index in [1.807, 2.05) is 32.0 Å². The van der Waals surface area contributed by atoms with Gasteiger partial charge in [0.25, 0.3) is 15.9 Å². The maximum atomic E-state index is 14.1. The molecule has 2 atom stereocenters. The number of fused-ring (bicyclic) bond motifs is 1. The molecule has 2 unspecified atom stereocenters. The van der Waals surface area contributed by atoms with Crippen LogP contribution >= 0.6 is 11.3 Å². The molecule has 5 rings (SSSR count). The van der Waals surface area contributed by atoms with Crippen molar-refractivity contribution in [3.05, 3.63) is 63.8 Å². The Bertz CT molecular complexity index is 2030. The summed E-state index contributed by atoms with van der Waals surface area (Å²) in [4.78, 5) is 43.8. The van der Waals surface area contributed by atoms with Crippen molar-refractivity contribution in [3.63, 3.8) is 0 Å². The van der Waals surface area contributed by atoms with Crippen LogP contribution in [0, 0.1) is 10.8 Å². The molecule has 2 aromatic carbocycles. The first-order valence-electron chi connectivity index (χ1n) is 18.3. The number of carbonyl (C=O) groups is 3. The summed E-state index contributed by atoms with van der Waals surface area (Å²) in [7, 11) is -2.85. The molecular weight excluding hydrogens is 745 g/mol. The second-order valence-corrected chi connectivity index (χ2v) is 17.9. The number of carboxylic acid groups (broad SMARTS) is 1. The molecule has 0 bridgehead atoms. The number of aliphatic carboxylic acids is 1. The Labute approximate surface area is 326 Å². The molecule has 0 spiro atoms. The zero-order valence-corrected chi connectivity index (χ0v) is 33.6. The summed E-state index contributed by atoms with van der Waals surface area (Å²) in [6.45, 7) is 10.6. The number of hydrogen-bond acceptors (Lipinski definition) is 10. The summed E-state index contributed by atoms with van der Waals surface area (Å²) in [6.07, 6.45) is 3.55. The van der Waals surface area contributed by atoms with E-state index in [4.69, 9.17) is 20.9 Å². The number of amides is 1. The van der Waals surface area contributed by atoms with Crippen LogP contribution in [0.3, 0.4) is 0 Å². The normalized spacial score (nSPS) is 16.6. The van der Waals surface area contributed by atoms with Gasteiger partial charge in [-0.15, -0.1) is 11.3 Å². The van der Waals surface area contributed by atoms with E-state index in [2.05, 4.69) is 45.9 Å². The van der Waals surface area contributed by atoms with Gasteiger partial charge in [0.05, 0.1) is 24.8 Å². The number of methoxy groups -OCH3 is 1. The average Bonchev–Trinajstić information content (AvgIpc) is 3.81. The number of thiophene rings is 1. The first kappa shape index (κ1) is 41.5. The van der Waals surface area contributed by atoms with Gasteiger partial charge in [0, 0.05) is 19.0 Å². The van der Waals surface area contributed by atoms with Gasteiger partial charge < -0.3 is 31.4 Å². The molecule has 7 N–H and O–H groups in total. The Morgan fingerprint density at radius 3 is 2.53 bits per heavy atom. The van der Waals surface area contributed by atoms with Gasteiger partial charge in [-0.25, -0.2) is 13.2 Å². The largest absolute Gasteiger partial charge is 0.492 e. The number of aliphatic imine (C=N–C) groups is 1. The first-order valence-corrected chi connectivity index (χ1v) is 20.7. The van der Waals surface area contributed by atoms with E-state index >= 15 is 0 Å². The number of nitrogens with one attached hydrogen (secondary N) is 2. The van der Waals surface area contributed by atoms with Crippen LogP contribution in [-0.2, 0) is 30.8 Å². The van der Waals surface area contributed by atoms with Gasteiger partial charge in [0.15, 0.2) is 5.96 Å². The monoisotopic (exact) mass is 796 g/mol. The van der Waals surface area contributed by atoms with Gasteiger partial charge in [-0.1, -0.05) is 25.1 Å². The molecule has 1 amide bonds. The number of anilines is 1. The fraction of sp³-hybridized carbons (Fsp3) is 0.487. The molecule has 14 nitrogen and oxygen atoms in total. The number of benzene rings is 2. The van der Waals surface area contributed by atoms with E-state index in [0.717, 1.165) is 60.4 Å². The predicted molar refractivity (Wildman–Crippen MR) is 213 cm³/mol. The SMILES string of the molecule is COC(=O)C(C)(C)CC1(C)CCN(C(C)c2cccc(-c3cc4c(c(S(=O)(=O)Nc5ccsc5C(=O)NC(CCCN=C(N)N)C(=O)O)c3)OCC4)c2)CC1. The highest BCUT2D eigenvalue weighted by Gasteiger charge is 2.40. The van der Waals surface area contributed by atoms with Crippen LogP contribution in [0.15, 0.2) is 57.7 Å². The molecule has 1 aromatic heterocycles. The van der Waals surface area contributed by atoms with Crippen molar-refractivity contribution in [2.45, 2.75) is 83.2 Å². The van der Waals surface area contributed by atoms with Crippen molar-refractivity contribution < 1.29 is 37.4 Å². The number of sulfonamides is 1. The van der Waals surface area contributed by atoms with Crippen LogP contribution in [0.4, 0.5) is 5.69 Å². The van der Waals surface area contributed by atoms with Crippen molar-refractivity contribution in [2.24, 2.45) is 27.3 Å². The number of rotatable bonds is 16. The number of esters is 1. The second kappa shape index (κ2) is 17.0. The summed E-state index contributed by atoms with van der Waals surface area (Å²) >= 11 is 0.984. The number of likely N-dealkylation sites (tertiary alicyclic amines) is 1. The zero-order chi connectivity index (χ0) is 40.1. The Balaban J connectivity index is 1.33. The minimum absolute atomic E-state index is 0.0136. The van der Waals surface area contributed by atoms with Crippen molar-refractivity contribution in [3.8, 4) is 16.9 Å². The van der Waals surface area contributed by atoms with Gasteiger partial charge in [0.1, 0.15) is 21.6 Å². The van der Waals surface area contributed by atoms with Gasteiger partial charge in [-0.2, -0.15) is 0 Å². The predicted octanol–water partition coefficient (Wildman–Crippen LogP) is 5.14. The third kappa shape index (κ3) is 9.96. The number of piperidine rings is 1. The minimum Gasteiger partial charge on any atom is -0.492 e. The molecule has 1 saturated heterocycles. The number of nitrogens with two attached hydrogens (primary N) is 2. The molecule has 16 heteroatoms. The summed E-state index contributed by atoms with van der Waals surface area (Å²) < 4.78 is 41.6. The molecule has 0 saturated carbocycles. The van der Waals surface area contributed by atoms with Crippen molar-refractivity contribution >= 4 is 50.9 Å². The van der Waals surface area contributed by atoms with Crippen molar-refractivity contribution in [1.82, 2.24) is 10.2 Å². The highest BCUT2D eigenvalue weighted by Crippen LogP contribution is 2.44. The number of hydrogen-bond donors (Lipinski definition) is 5. The van der Waals surface area contributed by atoms with Crippen LogP contribution in [0.5, 0.6) is 5.75 Å². The van der Waals surface area contributed by atoms with E-state index in [1.54, 1.807) is 11.4 Å². The summed E-state index contributed by atoms with van der Waals surface area (Å²) in [5.74, 6) is -2.01. The van der Waals surface area contributed by atoms with E-state index in [1.165, 1.54) is 13.2 Å². The topological polar surface area (TPSA) is 216 Å². The summed E-state index contributed by atoms with van der Waals surface area (Å²) in [6, 6.07) is 12.0. The maximum absolute atomic E-state index is 14.1. The van der Waals surface area contributed by atoms with E-state index in [-0.39, 0.29) is 57.6 Å². The van der Waals surface area contributed by atoms with Crippen molar-refractivity contribution in [2.75, 3.05) is 38.1 Å². The Morgan fingerprint density at radius 2 is 1.85 bits per heavy atom. The summed E-state index contributed by atoms with van der Waals surface area (Å²) in [5, 5.41) is 13.7. The Morgan fingerprint density at radius 1 is 1.13 bits per heavy atom. The fourth-order valence-electron chi connectivity index (χ4n) is 7.62. The van der Waals surface area contributed by atoms with Gasteiger partial charge >= 0.3 is 11.9 Å². The molecule has 2 aliphatic rings. The maximum Gasteiger partial charge on any atom is 0.326 e. The van der Waals surface area contributed by atoms with E-state index in [0.29, 0.717) is 25.0 Å². The summed E-state index contributed by atoms with van der Waals surface area (Å²) in [5.41, 5.74) is 13.6. The minimum atomic E-state index is -4.28. The molecule has 0 aliphatic carbocycles. The smallest absolute Gasteiger partial charge is 0.326 e. The van der Waals surface area contributed by atoms with Crippen LogP contribution in [0.25, 0.3) is 11.1 Å². The number of ether oxygens (including phenoxy) is 2. The van der Waals surface area contributed by atoms with Gasteiger partial charge in [-0.05, 0) is 123 Å². The third-order valence-corrected chi connectivity index (χ3v) is 12.8. The average molecular weight is 797 g/mol. The fourth-order valence-corrected chi connectivity index (χ4v) is 9.72. The lowest BCUT2D eigenvalue weighted by atomic mass is 9.69. The lowest BCUT2D eigenvalue weighted by molar-refractivity contribution is -0.153. The van der Waals surface area contributed by atoms with Gasteiger partial charge in [-0.3, -0.25) is 24.2 Å². The number of nitrogens with zero attached hydrogens (tertiary/aromatic N) is 2. The van der Waals surface area contributed by atoms with E-state index in [9.17, 15) is 27.9 Å². The molecule has 2 aliphatic heterocycles. The number of carbonyl (C=O) groups excluding carboxylic acids is 2. The first-order chi connectivity index (χ1) is 25.9. The number of guanidine groups is 1. The molecule has 0 radical (unpaired) electrons. The third-order valence-electron chi connectivity index (χ3n) is 10.6. The molecule has 3 aromatic rings. The molecule has 55 heavy (non-hydrogen) atoms. The zero-order valence-electron chi connectivity index (χ0n) is 32.0. The van der Waals surface area contributed by atoms with Crippen LogP contribution < -0.4 is 26.2 Å². The Hall–Kier alpha value is -4.67. The standard InChI is InChI=1S/C39H52N6O8S2/c1-24(45-16-13-39(4,14-17-45)23-38(2,3)36(49)52-5)25-8-6-9-26(20-25)28-21-27-11-18-53-32(27)31(22-28)55(50,51)44-29-12-19-54-33(29)34(46)43-30(35(47)48)10-7-15-42-37(40)41/h6,8-9,12,19-22,24,30,44H,7,10-11,13-18,23H2,1-5H3,(H,43,46)(H,47,48)(H4,40,41,42). The Kier molecular flexibility index (Phi) is 12.8. The van der Waals surface area contributed by atoms with Gasteiger partial charge in [0.2, 0.25) is 0 Å². The highest BCUT2D eigenvalue weighted by molar-refractivity contribution is 7.92.